The number of sulfonamides is 1. The summed E-state index contributed by atoms with van der Waals surface area (Å²) in [4.78, 5) is 11.0. The minimum atomic E-state index is -4.81. The van der Waals surface area contributed by atoms with Crippen molar-refractivity contribution < 1.29 is 35.9 Å². The summed E-state index contributed by atoms with van der Waals surface area (Å²) in [6.45, 7) is -1.70. The van der Waals surface area contributed by atoms with Gasteiger partial charge in [-0.2, -0.15) is 13.2 Å². The van der Waals surface area contributed by atoms with E-state index in [0.717, 1.165) is 12.1 Å². The second-order valence-corrected chi connectivity index (χ2v) is 7.26. The van der Waals surface area contributed by atoms with E-state index in [0.29, 0.717) is 4.31 Å². The van der Waals surface area contributed by atoms with E-state index in [1.54, 1.807) is 0 Å². The van der Waals surface area contributed by atoms with Crippen molar-refractivity contribution >= 4 is 16.0 Å². The molecule has 0 aliphatic carbocycles. The highest BCUT2D eigenvalue weighted by molar-refractivity contribution is 7.88. The van der Waals surface area contributed by atoms with Gasteiger partial charge in [-0.15, -0.1) is 0 Å². The van der Waals surface area contributed by atoms with E-state index < -0.39 is 58.7 Å². The van der Waals surface area contributed by atoms with Crippen molar-refractivity contribution in [3.8, 4) is 0 Å². The molecule has 1 heterocycles. The molecule has 0 saturated carbocycles. The topological polar surface area (TPSA) is 74.7 Å². The average molecular weight is 355 g/mol. The minimum absolute atomic E-state index is 0.0762. The number of alkyl halides is 3. The second-order valence-electron chi connectivity index (χ2n) is 5.30. The molecule has 0 radical (unpaired) electrons. The van der Waals surface area contributed by atoms with Crippen molar-refractivity contribution in [1.82, 2.24) is 4.31 Å². The number of rotatable bonds is 4. The normalized spacial score (nSPS) is 23.1. The van der Waals surface area contributed by atoms with Gasteiger partial charge >= 0.3 is 12.1 Å². The Morgan fingerprint density at radius 2 is 1.96 bits per heavy atom. The Balaban J connectivity index is 2.22. The van der Waals surface area contributed by atoms with Gasteiger partial charge in [-0.05, 0) is 17.7 Å². The van der Waals surface area contributed by atoms with E-state index in [1.807, 2.05) is 0 Å². The van der Waals surface area contributed by atoms with Crippen molar-refractivity contribution in [2.75, 3.05) is 13.1 Å². The van der Waals surface area contributed by atoms with Gasteiger partial charge < -0.3 is 5.11 Å². The predicted octanol–water partition coefficient (Wildman–Crippen LogP) is 1.85. The summed E-state index contributed by atoms with van der Waals surface area (Å²) in [6, 6.07) is 4.67. The van der Waals surface area contributed by atoms with Gasteiger partial charge in [-0.3, -0.25) is 4.79 Å². The van der Waals surface area contributed by atoms with Crippen molar-refractivity contribution in [3.05, 3.63) is 35.6 Å². The average Bonchev–Trinajstić information content (AvgIpc) is 2.83. The quantitative estimate of drug-likeness (QED) is 0.837. The van der Waals surface area contributed by atoms with Crippen molar-refractivity contribution in [3.63, 3.8) is 0 Å². The Morgan fingerprint density at radius 1 is 1.30 bits per heavy atom. The zero-order valence-corrected chi connectivity index (χ0v) is 12.4. The summed E-state index contributed by atoms with van der Waals surface area (Å²) in [5.74, 6) is -7.17. The lowest BCUT2D eigenvalue weighted by Crippen LogP contribution is -2.34. The Morgan fingerprint density at radius 3 is 2.43 bits per heavy atom. The van der Waals surface area contributed by atoms with E-state index in [9.17, 15) is 30.8 Å². The lowest BCUT2D eigenvalue weighted by Gasteiger charge is -2.18. The first-order valence-electron chi connectivity index (χ1n) is 6.52. The Labute approximate surface area is 129 Å². The molecule has 23 heavy (non-hydrogen) atoms. The van der Waals surface area contributed by atoms with E-state index in [4.69, 9.17) is 5.11 Å². The number of hydrogen-bond donors (Lipinski definition) is 1. The molecule has 10 heteroatoms. The maximum Gasteiger partial charge on any atom is 0.393 e. The van der Waals surface area contributed by atoms with Crippen LogP contribution in [0.5, 0.6) is 0 Å². The molecule has 0 bridgehead atoms. The molecule has 1 fully saturated rings. The van der Waals surface area contributed by atoms with Gasteiger partial charge in [0.1, 0.15) is 5.82 Å². The molecule has 1 aromatic rings. The van der Waals surface area contributed by atoms with E-state index in [-0.39, 0.29) is 5.56 Å². The first kappa shape index (κ1) is 17.7. The number of halogens is 4. The van der Waals surface area contributed by atoms with Crippen LogP contribution in [0, 0.1) is 17.7 Å². The van der Waals surface area contributed by atoms with Crippen LogP contribution in [0.25, 0.3) is 0 Å². The SMILES string of the molecule is O=C(O)[C@@H]1CN(S(=O)(=O)Cc2cccc(F)c2)C[C@H]1C(F)(F)F. The zero-order valence-electron chi connectivity index (χ0n) is 11.6. The number of hydrogen-bond acceptors (Lipinski definition) is 3. The molecule has 1 saturated heterocycles. The summed E-state index contributed by atoms with van der Waals surface area (Å²) < 4.78 is 76.6. The zero-order chi connectivity index (χ0) is 17.4. The van der Waals surface area contributed by atoms with Crippen LogP contribution in [0.4, 0.5) is 17.6 Å². The number of benzene rings is 1. The highest BCUT2D eigenvalue weighted by Crippen LogP contribution is 2.39. The fraction of sp³-hybridized carbons (Fsp3) is 0.462. The van der Waals surface area contributed by atoms with Crippen LogP contribution in [0.1, 0.15) is 5.56 Å². The maximum atomic E-state index is 13.1. The molecule has 1 aliphatic rings. The van der Waals surface area contributed by atoms with E-state index >= 15 is 0 Å². The third-order valence-electron chi connectivity index (χ3n) is 3.66. The van der Waals surface area contributed by atoms with Crippen molar-refractivity contribution in [1.29, 1.82) is 0 Å². The third-order valence-corrected chi connectivity index (χ3v) is 5.44. The molecular weight excluding hydrogens is 342 g/mol. The number of aliphatic carboxylic acids is 1. The lowest BCUT2D eigenvalue weighted by molar-refractivity contribution is -0.187. The van der Waals surface area contributed by atoms with Crippen LogP contribution < -0.4 is 0 Å². The van der Waals surface area contributed by atoms with Crippen LogP contribution in [-0.4, -0.2) is 43.1 Å². The molecule has 2 atom stereocenters. The highest BCUT2D eigenvalue weighted by atomic mass is 32.2. The van der Waals surface area contributed by atoms with Crippen LogP contribution >= 0.6 is 0 Å². The number of carboxylic acids is 1. The summed E-state index contributed by atoms with van der Waals surface area (Å²) >= 11 is 0. The second kappa shape index (κ2) is 6.08. The summed E-state index contributed by atoms with van der Waals surface area (Å²) in [5, 5.41) is 8.89. The standard InChI is InChI=1S/C13H13F4NO4S/c14-9-3-1-2-8(4-9)7-23(21,22)18-5-10(12(19)20)11(6-18)13(15,16)17/h1-4,10-11H,5-7H2,(H,19,20)/t10-,11-/m1/s1. The van der Waals surface area contributed by atoms with E-state index in [1.165, 1.54) is 12.1 Å². The molecule has 0 amide bonds. The Bertz CT molecular complexity index is 704. The Kier molecular flexibility index (Phi) is 4.67. The fourth-order valence-corrected chi connectivity index (χ4v) is 4.06. The molecule has 1 N–H and O–H groups in total. The molecule has 0 unspecified atom stereocenters. The van der Waals surface area contributed by atoms with Gasteiger partial charge in [0.25, 0.3) is 0 Å². The molecular formula is C13H13F4NO4S. The van der Waals surface area contributed by atoms with Gasteiger partial charge in [0.15, 0.2) is 0 Å². The molecule has 5 nitrogen and oxygen atoms in total. The predicted molar refractivity (Wildman–Crippen MR) is 71.3 cm³/mol. The van der Waals surface area contributed by atoms with Crippen molar-refractivity contribution in [2.45, 2.75) is 11.9 Å². The number of carboxylic acid groups (broad SMARTS) is 1. The van der Waals surface area contributed by atoms with E-state index in [2.05, 4.69) is 0 Å². The first-order valence-corrected chi connectivity index (χ1v) is 8.13. The van der Waals surface area contributed by atoms with Gasteiger partial charge in [-0.1, -0.05) is 12.1 Å². The van der Waals surface area contributed by atoms with Gasteiger partial charge in [0.2, 0.25) is 10.0 Å². The Hall–Kier alpha value is -1.68. The molecule has 128 valence electrons. The maximum absolute atomic E-state index is 13.1. The summed E-state index contributed by atoms with van der Waals surface area (Å²) in [7, 11) is -4.19. The smallest absolute Gasteiger partial charge is 0.393 e. The number of carbonyl (C=O) groups is 1. The fourth-order valence-electron chi connectivity index (χ4n) is 2.51. The van der Waals surface area contributed by atoms with Gasteiger partial charge in [-0.25, -0.2) is 17.1 Å². The largest absolute Gasteiger partial charge is 0.481 e. The van der Waals surface area contributed by atoms with Gasteiger partial charge in [0, 0.05) is 13.1 Å². The monoisotopic (exact) mass is 355 g/mol. The lowest BCUT2D eigenvalue weighted by atomic mass is 9.96. The van der Waals surface area contributed by atoms with Crippen LogP contribution in [0.3, 0.4) is 0 Å². The molecule has 2 rings (SSSR count). The molecule has 1 aromatic carbocycles. The first-order chi connectivity index (χ1) is 10.5. The van der Waals surface area contributed by atoms with Crippen LogP contribution in [0.15, 0.2) is 24.3 Å². The minimum Gasteiger partial charge on any atom is -0.481 e. The van der Waals surface area contributed by atoms with Gasteiger partial charge in [0.05, 0.1) is 17.6 Å². The molecule has 0 spiro atoms. The van der Waals surface area contributed by atoms with Crippen LogP contribution in [-0.2, 0) is 20.6 Å². The summed E-state index contributed by atoms with van der Waals surface area (Å²) in [6.07, 6.45) is -4.81. The summed E-state index contributed by atoms with van der Waals surface area (Å²) in [5.41, 5.74) is 0.0762. The molecule has 1 aliphatic heterocycles. The van der Waals surface area contributed by atoms with Crippen molar-refractivity contribution in [2.24, 2.45) is 11.8 Å². The van der Waals surface area contributed by atoms with Crippen LogP contribution in [0.2, 0.25) is 0 Å². The molecule has 0 aromatic heterocycles. The number of nitrogens with zero attached hydrogens (tertiary/aromatic N) is 1. The highest BCUT2D eigenvalue weighted by Gasteiger charge is 2.54. The third kappa shape index (κ3) is 3.99.